The summed E-state index contributed by atoms with van der Waals surface area (Å²) in [6.45, 7) is 3.37. The van der Waals surface area contributed by atoms with Crippen molar-refractivity contribution >= 4 is 23.2 Å². The lowest BCUT2D eigenvalue weighted by atomic mass is 9.97. The summed E-state index contributed by atoms with van der Waals surface area (Å²) < 4.78 is 0. The summed E-state index contributed by atoms with van der Waals surface area (Å²) in [7, 11) is 0. The Morgan fingerprint density at radius 1 is 1.40 bits per heavy atom. The molecule has 1 aliphatic heterocycles. The second kappa shape index (κ2) is 8.15. The van der Waals surface area contributed by atoms with Crippen molar-refractivity contribution in [3.05, 3.63) is 29.7 Å². The van der Waals surface area contributed by atoms with Crippen LogP contribution >= 0.6 is 11.3 Å². The summed E-state index contributed by atoms with van der Waals surface area (Å²) in [6, 6.07) is 0. The number of thiazole rings is 1. The normalized spacial score (nSPS) is 17.3. The molecule has 1 fully saturated rings. The number of nitrogens with zero attached hydrogens (tertiary/aromatic N) is 4. The Labute approximate surface area is 150 Å². The number of carbonyl (C=O) groups excluding carboxylic acids is 2. The number of carbonyl (C=O) groups is 2. The van der Waals surface area contributed by atoms with Gasteiger partial charge in [-0.3, -0.25) is 19.6 Å². The molecule has 7 nitrogen and oxygen atoms in total. The molecule has 8 heteroatoms. The number of hydrogen-bond donors (Lipinski definition) is 1. The van der Waals surface area contributed by atoms with Gasteiger partial charge in [0.05, 0.1) is 17.8 Å². The summed E-state index contributed by atoms with van der Waals surface area (Å²) in [6.07, 6.45) is 7.35. The van der Waals surface area contributed by atoms with E-state index in [2.05, 4.69) is 20.3 Å². The quantitative estimate of drug-likeness (QED) is 0.874. The Morgan fingerprint density at radius 3 is 3.04 bits per heavy atom. The van der Waals surface area contributed by atoms with Crippen molar-refractivity contribution in [1.82, 2.24) is 25.2 Å². The van der Waals surface area contributed by atoms with E-state index in [0.29, 0.717) is 19.5 Å². The van der Waals surface area contributed by atoms with Crippen molar-refractivity contribution in [2.45, 2.75) is 26.2 Å². The molecule has 1 aliphatic rings. The molecular formula is C17H21N5O2S. The third kappa shape index (κ3) is 4.60. The number of hydrogen-bond acceptors (Lipinski definition) is 6. The number of rotatable bonds is 5. The van der Waals surface area contributed by atoms with Gasteiger partial charge in [-0.05, 0) is 12.8 Å². The molecule has 0 bridgehead atoms. The minimum Gasteiger partial charge on any atom is -0.355 e. The molecule has 25 heavy (non-hydrogen) atoms. The number of nitrogens with one attached hydrogen (secondary N) is 1. The van der Waals surface area contributed by atoms with E-state index in [1.165, 1.54) is 11.3 Å². The molecule has 2 aromatic rings. The van der Waals surface area contributed by atoms with Crippen LogP contribution in [-0.2, 0) is 16.0 Å². The van der Waals surface area contributed by atoms with Crippen molar-refractivity contribution in [2.24, 2.45) is 5.92 Å². The van der Waals surface area contributed by atoms with Gasteiger partial charge in [0.1, 0.15) is 10.7 Å². The van der Waals surface area contributed by atoms with Gasteiger partial charge < -0.3 is 10.2 Å². The maximum absolute atomic E-state index is 12.3. The number of amides is 2. The minimum atomic E-state index is -0.108. The van der Waals surface area contributed by atoms with E-state index in [1.807, 2.05) is 5.38 Å². The molecule has 132 valence electrons. The standard InChI is InChI=1S/C17H21N5O2S/c1-12(23)22-8-2-3-13(10-22)16(24)20-5-4-14-11-25-17(21-14)15-9-18-6-7-19-15/h6-7,9,11,13H,2-5,8,10H2,1H3,(H,20,24). The molecular weight excluding hydrogens is 338 g/mol. The first-order valence-corrected chi connectivity index (χ1v) is 9.25. The molecule has 0 spiro atoms. The number of aromatic nitrogens is 3. The fraction of sp³-hybridized carbons (Fsp3) is 0.471. The summed E-state index contributed by atoms with van der Waals surface area (Å²) in [5, 5.41) is 5.78. The molecule has 1 N–H and O–H groups in total. The van der Waals surface area contributed by atoms with Crippen molar-refractivity contribution in [3.8, 4) is 10.7 Å². The van der Waals surface area contributed by atoms with Crippen LogP contribution < -0.4 is 5.32 Å². The molecule has 0 aliphatic carbocycles. The lowest BCUT2D eigenvalue weighted by molar-refractivity contribution is -0.133. The zero-order valence-corrected chi connectivity index (χ0v) is 15.0. The van der Waals surface area contributed by atoms with E-state index in [1.54, 1.807) is 30.4 Å². The maximum atomic E-state index is 12.3. The fourth-order valence-corrected chi connectivity index (χ4v) is 3.70. The second-order valence-corrected chi connectivity index (χ2v) is 6.94. The van der Waals surface area contributed by atoms with Crippen LogP contribution in [0, 0.1) is 5.92 Å². The van der Waals surface area contributed by atoms with Gasteiger partial charge in [-0.2, -0.15) is 0 Å². The van der Waals surface area contributed by atoms with Gasteiger partial charge in [0.15, 0.2) is 0 Å². The van der Waals surface area contributed by atoms with Crippen LogP contribution in [0.25, 0.3) is 10.7 Å². The highest BCUT2D eigenvalue weighted by Gasteiger charge is 2.26. The van der Waals surface area contributed by atoms with E-state index in [-0.39, 0.29) is 17.7 Å². The molecule has 2 amide bonds. The van der Waals surface area contributed by atoms with E-state index in [4.69, 9.17) is 0 Å². The highest BCUT2D eigenvalue weighted by molar-refractivity contribution is 7.13. The van der Waals surface area contributed by atoms with Crippen molar-refractivity contribution in [2.75, 3.05) is 19.6 Å². The third-order valence-corrected chi connectivity index (χ3v) is 5.17. The van der Waals surface area contributed by atoms with Gasteiger partial charge in [-0.25, -0.2) is 4.98 Å². The monoisotopic (exact) mass is 359 g/mol. The Morgan fingerprint density at radius 2 is 2.28 bits per heavy atom. The molecule has 1 atom stereocenters. The Balaban J connectivity index is 1.47. The smallest absolute Gasteiger partial charge is 0.224 e. The Kier molecular flexibility index (Phi) is 5.70. The lowest BCUT2D eigenvalue weighted by Gasteiger charge is -2.31. The van der Waals surface area contributed by atoms with Crippen LogP contribution in [-0.4, -0.2) is 51.3 Å². The third-order valence-electron chi connectivity index (χ3n) is 4.25. The summed E-state index contributed by atoms with van der Waals surface area (Å²) in [5.41, 5.74) is 1.69. The first kappa shape index (κ1) is 17.5. The van der Waals surface area contributed by atoms with E-state index < -0.39 is 0 Å². The fourth-order valence-electron chi connectivity index (χ4n) is 2.88. The van der Waals surface area contributed by atoms with E-state index >= 15 is 0 Å². The highest BCUT2D eigenvalue weighted by atomic mass is 32.1. The molecule has 0 saturated carbocycles. The van der Waals surface area contributed by atoms with E-state index in [0.717, 1.165) is 35.8 Å². The maximum Gasteiger partial charge on any atom is 0.224 e. The van der Waals surface area contributed by atoms with Gasteiger partial charge >= 0.3 is 0 Å². The predicted octanol–water partition coefficient (Wildman–Crippen LogP) is 1.52. The largest absolute Gasteiger partial charge is 0.355 e. The molecule has 1 unspecified atom stereocenters. The van der Waals surface area contributed by atoms with Crippen LogP contribution in [0.4, 0.5) is 0 Å². The SMILES string of the molecule is CC(=O)N1CCCC(C(=O)NCCc2csc(-c3cnccn3)n2)C1. The van der Waals surface area contributed by atoms with Gasteiger partial charge in [-0.15, -0.1) is 11.3 Å². The summed E-state index contributed by atoms with van der Waals surface area (Å²) >= 11 is 1.52. The van der Waals surface area contributed by atoms with Crippen LogP contribution in [0.1, 0.15) is 25.5 Å². The zero-order chi connectivity index (χ0) is 17.6. The summed E-state index contributed by atoms with van der Waals surface area (Å²) in [5.74, 6) is -0.0462. The second-order valence-electron chi connectivity index (χ2n) is 6.08. The van der Waals surface area contributed by atoms with Gasteiger partial charge in [0.2, 0.25) is 11.8 Å². The highest BCUT2D eigenvalue weighted by Crippen LogP contribution is 2.21. The van der Waals surface area contributed by atoms with Crippen molar-refractivity contribution < 1.29 is 9.59 Å². The van der Waals surface area contributed by atoms with Crippen LogP contribution in [0.5, 0.6) is 0 Å². The Bertz CT molecular complexity index is 734. The van der Waals surface area contributed by atoms with Crippen LogP contribution in [0.3, 0.4) is 0 Å². The van der Waals surface area contributed by atoms with Gasteiger partial charge in [0, 0.05) is 50.8 Å². The molecule has 3 heterocycles. The first-order valence-electron chi connectivity index (χ1n) is 8.37. The predicted molar refractivity (Wildman–Crippen MR) is 94.8 cm³/mol. The lowest BCUT2D eigenvalue weighted by Crippen LogP contribution is -2.45. The molecule has 2 aromatic heterocycles. The van der Waals surface area contributed by atoms with Crippen molar-refractivity contribution in [1.29, 1.82) is 0 Å². The van der Waals surface area contributed by atoms with Crippen molar-refractivity contribution in [3.63, 3.8) is 0 Å². The average Bonchev–Trinajstić information content (AvgIpc) is 3.11. The molecule has 1 saturated heterocycles. The van der Waals surface area contributed by atoms with E-state index in [9.17, 15) is 9.59 Å². The topological polar surface area (TPSA) is 88.1 Å². The Hall–Kier alpha value is -2.35. The van der Waals surface area contributed by atoms with Crippen LogP contribution in [0.15, 0.2) is 24.0 Å². The number of piperidine rings is 1. The first-order chi connectivity index (χ1) is 12.1. The average molecular weight is 359 g/mol. The zero-order valence-electron chi connectivity index (χ0n) is 14.1. The molecule has 0 aromatic carbocycles. The molecule has 0 radical (unpaired) electrons. The molecule has 3 rings (SSSR count). The van der Waals surface area contributed by atoms with Gasteiger partial charge in [-0.1, -0.05) is 0 Å². The summed E-state index contributed by atoms with van der Waals surface area (Å²) in [4.78, 5) is 38.3. The number of likely N-dealkylation sites (tertiary alicyclic amines) is 1. The van der Waals surface area contributed by atoms with Crippen LogP contribution in [0.2, 0.25) is 0 Å². The minimum absolute atomic E-state index is 0.0235. The van der Waals surface area contributed by atoms with Gasteiger partial charge in [0.25, 0.3) is 0 Å².